The summed E-state index contributed by atoms with van der Waals surface area (Å²) in [6, 6.07) is 0. The molecular weight excluding hydrogens is 194 g/mol. The summed E-state index contributed by atoms with van der Waals surface area (Å²) in [4.78, 5) is 20.7. The first kappa shape index (κ1) is 10.2. The SMILES string of the molecule is Cn1cnc(C(=O)NOC2CCCC2)c1. The Morgan fingerprint density at radius 3 is 2.93 bits per heavy atom. The zero-order valence-corrected chi connectivity index (χ0v) is 8.77. The summed E-state index contributed by atoms with van der Waals surface area (Å²) in [7, 11) is 1.82. The summed E-state index contributed by atoms with van der Waals surface area (Å²) >= 11 is 0. The summed E-state index contributed by atoms with van der Waals surface area (Å²) in [6.45, 7) is 0. The van der Waals surface area contributed by atoms with Gasteiger partial charge in [0.2, 0.25) is 0 Å². The van der Waals surface area contributed by atoms with Gasteiger partial charge in [-0.1, -0.05) is 12.8 Å². The van der Waals surface area contributed by atoms with Gasteiger partial charge < -0.3 is 4.57 Å². The number of carbonyl (C=O) groups excluding carboxylic acids is 1. The second-order valence-corrected chi connectivity index (χ2v) is 3.88. The molecule has 1 heterocycles. The van der Waals surface area contributed by atoms with Crippen LogP contribution in [0.2, 0.25) is 0 Å². The Bertz CT molecular complexity index is 342. The number of aromatic nitrogens is 2. The number of aryl methyl sites for hydroxylation is 1. The van der Waals surface area contributed by atoms with Gasteiger partial charge >= 0.3 is 0 Å². The number of rotatable bonds is 3. The molecule has 1 N–H and O–H groups in total. The van der Waals surface area contributed by atoms with Crippen LogP contribution in [0.15, 0.2) is 12.5 Å². The lowest BCUT2D eigenvalue weighted by Crippen LogP contribution is -2.28. The Balaban J connectivity index is 1.81. The van der Waals surface area contributed by atoms with Crippen LogP contribution in [0.4, 0.5) is 0 Å². The summed E-state index contributed by atoms with van der Waals surface area (Å²) < 4.78 is 1.73. The summed E-state index contributed by atoms with van der Waals surface area (Å²) in [6.07, 6.45) is 7.86. The third-order valence-corrected chi connectivity index (χ3v) is 2.56. The predicted octanol–water partition coefficient (Wildman–Crippen LogP) is 1.02. The number of hydroxylamine groups is 1. The van der Waals surface area contributed by atoms with E-state index >= 15 is 0 Å². The fraction of sp³-hybridized carbons (Fsp3) is 0.600. The topological polar surface area (TPSA) is 56.2 Å². The molecule has 1 saturated carbocycles. The van der Waals surface area contributed by atoms with E-state index in [0.29, 0.717) is 5.69 Å². The third-order valence-electron chi connectivity index (χ3n) is 2.56. The highest BCUT2D eigenvalue weighted by atomic mass is 16.7. The van der Waals surface area contributed by atoms with Crippen molar-refractivity contribution in [2.45, 2.75) is 31.8 Å². The third kappa shape index (κ3) is 2.56. The Hall–Kier alpha value is -1.36. The lowest BCUT2D eigenvalue weighted by Gasteiger charge is -2.09. The van der Waals surface area contributed by atoms with E-state index in [4.69, 9.17) is 4.84 Å². The van der Waals surface area contributed by atoms with E-state index in [1.54, 1.807) is 17.1 Å². The molecule has 1 aliphatic rings. The molecule has 0 atom stereocenters. The second kappa shape index (κ2) is 4.44. The molecule has 0 aromatic carbocycles. The number of imidazole rings is 1. The first-order chi connectivity index (χ1) is 7.25. The first-order valence-electron chi connectivity index (χ1n) is 5.19. The van der Waals surface area contributed by atoms with Crippen LogP contribution in [0.1, 0.15) is 36.2 Å². The number of amides is 1. The van der Waals surface area contributed by atoms with Crippen LogP contribution in [-0.2, 0) is 11.9 Å². The summed E-state index contributed by atoms with van der Waals surface area (Å²) in [5.74, 6) is -0.275. The molecule has 1 fully saturated rings. The maximum absolute atomic E-state index is 11.5. The van der Waals surface area contributed by atoms with E-state index < -0.39 is 0 Å². The van der Waals surface area contributed by atoms with Crippen molar-refractivity contribution in [3.05, 3.63) is 18.2 Å². The fourth-order valence-electron chi connectivity index (χ4n) is 1.73. The largest absolute Gasteiger partial charge is 0.340 e. The molecule has 0 saturated heterocycles. The molecule has 5 heteroatoms. The van der Waals surface area contributed by atoms with Gasteiger partial charge in [0.25, 0.3) is 5.91 Å². The van der Waals surface area contributed by atoms with E-state index in [1.807, 2.05) is 7.05 Å². The second-order valence-electron chi connectivity index (χ2n) is 3.88. The molecule has 0 bridgehead atoms. The van der Waals surface area contributed by atoms with Crippen molar-refractivity contribution in [3.63, 3.8) is 0 Å². The minimum absolute atomic E-state index is 0.178. The van der Waals surface area contributed by atoms with Crippen molar-refractivity contribution in [2.75, 3.05) is 0 Å². The molecule has 2 rings (SSSR count). The average molecular weight is 209 g/mol. The van der Waals surface area contributed by atoms with Gasteiger partial charge in [-0.2, -0.15) is 0 Å². The Kier molecular flexibility index (Phi) is 3.01. The Labute approximate surface area is 88.4 Å². The van der Waals surface area contributed by atoms with E-state index in [9.17, 15) is 4.79 Å². The molecule has 15 heavy (non-hydrogen) atoms. The van der Waals surface area contributed by atoms with Gasteiger partial charge in [-0.25, -0.2) is 10.5 Å². The number of nitrogens with zero attached hydrogens (tertiary/aromatic N) is 2. The Morgan fingerprint density at radius 2 is 2.33 bits per heavy atom. The quantitative estimate of drug-likeness (QED) is 0.756. The highest BCUT2D eigenvalue weighted by molar-refractivity contribution is 5.91. The number of hydrogen-bond donors (Lipinski definition) is 1. The zero-order valence-electron chi connectivity index (χ0n) is 8.77. The van der Waals surface area contributed by atoms with Gasteiger partial charge in [-0.3, -0.25) is 9.63 Å². The molecule has 0 aliphatic heterocycles. The van der Waals surface area contributed by atoms with Gasteiger partial charge in [-0.05, 0) is 12.8 Å². The average Bonchev–Trinajstić information content (AvgIpc) is 2.84. The number of hydrogen-bond acceptors (Lipinski definition) is 3. The van der Waals surface area contributed by atoms with Crippen molar-refractivity contribution < 1.29 is 9.63 Å². The molecule has 5 nitrogen and oxygen atoms in total. The van der Waals surface area contributed by atoms with Crippen LogP contribution in [0.3, 0.4) is 0 Å². The van der Waals surface area contributed by atoms with Crippen molar-refractivity contribution in [2.24, 2.45) is 7.05 Å². The molecule has 1 aromatic heterocycles. The lowest BCUT2D eigenvalue weighted by atomic mass is 10.3. The number of nitrogens with one attached hydrogen (secondary N) is 1. The Morgan fingerprint density at radius 1 is 1.60 bits per heavy atom. The smallest absolute Gasteiger partial charge is 0.295 e. The molecule has 0 radical (unpaired) electrons. The first-order valence-corrected chi connectivity index (χ1v) is 5.19. The van der Waals surface area contributed by atoms with Crippen LogP contribution < -0.4 is 5.48 Å². The van der Waals surface area contributed by atoms with Crippen molar-refractivity contribution in [3.8, 4) is 0 Å². The highest BCUT2D eigenvalue weighted by Gasteiger charge is 2.17. The van der Waals surface area contributed by atoms with Crippen LogP contribution >= 0.6 is 0 Å². The van der Waals surface area contributed by atoms with Crippen LogP contribution in [-0.4, -0.2) is 21.6 Å². The maximum Gasteiger partial charge on any atom is 0.295 e. The van der Waals surface area contributed by atoms with Crippen molar-refractivity contribution in [1.82, 2.24) is 15.0 Å². The molecule has 1 aromatic rings. The summed E-state index contributed by atoms with van der Waals surface area (Å²) in [5.41, 5.74) is 2.82. The van der Waals surface area contributed by atoms with Crippen LogP contribution in [0, 0.1) is 0 Å². The molecule has 1 aliphatic carbocycles. The van der Waals surface area contributed by atoms with Crippen molar-refractivity contribution >= 4 is 5.91 Å². The van der Waals surface area contributed by atoms with Gasteiger partial charge in [0.05, 0.1) is 12.4 Å². The summed E-state index contributed by atoms with van der Waals surface area (Å²) in [5, 5.41) is 0. The number of carbonyl (C=O) groups is 1. The zero-order chi connectivity index (χ0) is 10.7. The van der Waals surface area contributed by atoms with Crippen LogP contribution in [0.5, 0.6) is 0 Å². The standard InChI is InChI=1S/C10H15N3O2/c1-13-6-9(11-7-13)10(14)12-15-8-4-2-3-5-8/h6-8H,2-5H2,1H3,(H,12,14). The minimum Gasteiger partial charge on any atom is -0.340 e. The monoisotopic (exact) mass is 209 g/mol. The maximum atomic E-state index is 11.5. The van der Waals surface area contributed by atoms with Crippen molar-refractivity contribution in [1.29, 1.82) is 0 Å². The molecule has 82 valence electrons. The van der Waals surface area contributed by atoms with E-state index in [2.05, 4.69) is 10.5 Å². The van der Waals surface area contributed by atoms with E-state index in [0.717, 1.165) is 12.8 Å². The normalized spacial score (nSPS) is 16.9. The van der Waals surface area contributed by atoms with Gasteiger partial charge in [0.1, 0.15) is 5.69 Å². The van der Waals surface area contributed by atoms with Gasteiger partial charge in [-0.15, -0.1) is 0 Å². The fourth-order valence-corrected chi connectivity index (χ4v) is 1.73. The van der Waals surface area contributed by atoms with Gasteiger partial charge in [0.15, 0.2) is 0 Å². The minimum atomic E-state index is -0.275. The molecule has 0 unspecified atom stereocenters. The van der Waals surface area contributed by atoms with E-state index in [-0.39, 0.29) is 12.0 Å². The lowest BCUT2D eigenvalue weighted by molar-refractivity contribution is -0.0127. The van der Waals surface area contributed by atoms with E-state index in [1.165, 1.54) is 12.8 Å². The highest BCUT2D eigenvalue weighted by Crippen LogP contribution is 2.19. The molecule has 0 spiro atoms. The predicted molar refractivity (Wildman–Crippen MR) is 54.0 cm³/mol. The van der Waals surface area contributed by atoms with Gasteiger partial charge in [0, 0.05) is 13.2 Å². The molecular formula is C10H15N3O2. The van der Waals surface area contributed by atoms with Crippen LogP contribution in [0.25, 0.3) is 0 Å². The molecule has 1 amide bonds.